The molecule has 0 atom stereocenters. The Morgan fingerprint density at radius 2 is 2.04 bits per heavy atom. The lowest BCUT2D eigenvalue weighted by molar-refractivity contribution is 0.0525. The lowest BCUT2D eigenvalue weighted by Gasteiger charge is -2.10. The molecular formula is C15H17ClN6O3. The van der Waals surface area contributed by atoms with E-state index in [1.165, 1.54) is 18.5 Å². The van der Waals surface area contributed by atoms with Gasteiger partial charge >= 0.3 is 5.97 Å². The second kappa shape index (κ2) is 8.36. The van der Waals surface area contributed by atoms with Crippen molar-refractivity contribution in [2.75, 3.05) is 24.4 Å². The zero-order chi connectivity index (χ0) is 18.4. The largest absolute Gasteiger partial charge is 0.462 e. The number of pyridine rings is 1. The molecule has 2 rings (SSSR count). The number of aryl methyl sites for hydroxylation is 1. The Morgan fingerprint density at radius 1 is 1.28 bits per heavy atom. The quantitative estimate of drug-likeness (QED) is 0.403. The highest BCUT2D eigenvalue weighted by molar-refractivity contribution is 6.33. The number of ether oxygens (including phenoxy) is 1. The maximum absolute atomic E-state index is 12.4. The van der Waals surface area contributed by atoms with Gasteiger partial charge in [0.05, 0.1) is 29.1 Å². The Kier molecular flexibility index (Phi) is 6.20. The Hall–Kier alpha value is -2.78. The molecule has 0 aromatic carbocycles. The zero-order valence-corrected chi connectivity index (χ0v) is 14.6. The molecule has 0 bridgehead atoms. The van der Waals surface area contributed by atoms with Gasteiger partial charge in [-0.1, -0.05) is 11.6 Å². The summed E-state index contributed by atoms with van der Waals surface area (Å²) < 4.78 is 4.92. The fourth-order valence-electron chi connectivity index (χ4n) is 1.86. The van der Waals surface area contributed by atoms with Crippen molar-refractivity contribution in [3.05, 3.63) is 40.4 Å². The maximum atomic E-state index is 12.4. The predicted molar refractivity (Wildman–Crippen MR) is 92.6 cm³/mol. The number of hydrogen-bond acceptors (Lipinski definition) is 8. The van der Waals surface area contributed by atoms with Crippen molar-refractivity contribution in [2.45, 2.75) is 13.8 Å². The van der Waals surface area contributed by atoms with Crippen molar-refractivity contribution in [1.82, 2.24) is 20.4 Å². The molecule has 1 amide bonds. The molecule has 2 aromatic rings. The molecule has 0 fully saturated rings. The van der Waals surface area contributed by atoms with Crippen molar-refractivity contribution in [1.29, 1.82) is 0 Å². The van der Waals surface area contributed by atoms with Crippen LogP contribution < -0.4 is 16.2 Å². The number of nitrogens with zero attached hydrogens (tertiary/aromatic N) is 3. The number of nitrogens with one attached hydrogen (secondary N) is 3. The molecule has 0 radical (unpaired) electrons. The van der Waals surface area contributed by atoms with Gasteiger partial charge in [-0.25, -0.2) is 15.2 Å². The Balaban J connectivity index is 2.22. The summed E-state index contributed by atoms with van der Waals surface area (Å²) >= 11 is 6.02. The number of rotatable bonds is 6. The van der Waals surface area contributed by atoms with Crippen LogP contribution in [0.4, 0.5) is 11.6 Å². The Morgan fingerprint density at radius 3 is 2.68 bits per heavy atom. The molecule has 0 aliphatic carbocycles. The third-order valence-electron chi connectivity index (χ3n) is 3.07. The van der Waals surface area contributed by atoms with E-state index in [0.717, 1.165) is 0 Å². The van der Waals surface area contributed by atoms with Crippen molar-refractivity contribution in [3.63, 3.8) is 0 Å². The van der Waals surface area contributed by atoms with Gasteiger partial charge in [0.15, 0.2) is 0 Å². The molecule has 3 N–H and O–H groups in total. The van der Waals surface area contributed by atoms with E-state index in [9.17, 15) is 9.59 Å². The van der Waals surface area contributed by atoms with E-state index in [-0.39, 0.29) is 28.8 Å². The van der Waals surface area contributed by atoms with Crippen LogP contribution >= 0.6 is 11.6 Å². The first-order valence-corrected chi connectivity index (χ1v) is 7.74. The third kappa shape index (κ3) is 4.61. The number of carbonyl (C=O) groups excluding carboxylic acids is 2. The summed E-state index contributed by atoms with van der Waals surface area (Å²) in [4.78, 5) is 36.2. The normalized spacial score (nSPS) is 10.2. The highest BCUT2D eigenvalue weighted by Crippen LogP contribution is 2.19. The number of esters is 1. The monoisotopic (exact) mass is 364 g/mol. The average molecular weight is 365 g/mol. The van der Waals surface area contributed by atoms with Gasteiger partial charge in [0.25, 0.3) is 5.91 Å². The fourth-order valence-corrected chi connectivity index (χ4v) is 2.08. The van der Waals surface area contributed by atoms with E-state index in [0.29, 0.717) is 11.4 Å². The van der Waals surface area contributed by atoms with Crippen molar-refractivity contribution in [3.8, 4) is 0 Å². The van der Waals surface area contributed by atoms with Crippen LogP contribution in [-0.4, -0.2) is 40.5 Å². The first-order chi connectivity index (χ1) is 12.0. The van der Waals surface area contributed by atoms with E-state index in [4.69, 9.17) is 16.3 Å². The topological polar surface area (TPSA) is 118 Å². The second-order valence-electron chi connectivity index (χ2n) is 4.80. The molecule has 2 aromatic heterocycles. The minimum absolute atomic E-state index is 0.0163. The standard InChI is InChI=1S/C15H17ClN6O3/c1-4-25-14(24)9-5-11(8(2)18-6-9)20-13(23)10-7-19-15(22-17-3)21-12(10)16/h5-7,17H,4H2,1-3H3,(H,20,23)(H,19,21,22). The molecule has 0 saturated carbocycles. The van der Waals surface area contributed by atoms with Crippen LogP contribution in [0, 0.1) is 6.92 Å². The number of aromatic nitrogens is 3. The van der Waals surface area contributed by atoms with Gasteiger partial charge in [-0.05, 0) is 19.9 Å². The minimum Gasteiger partial charge on any atom is -0.462 e. The summed E-state index contributed by atoms with van der Waals surface area (Å²) in [5.41, 5.74) is 6.52. The van der Waals surface area contributed by atoms with E-state index < -0.39 is 11.9 Å². The van der Waals surface area contributed by atoms with Gasteiger partial charge in [0.2, 0.25) is 5.95 Å². The number of amides is 1. The van der Waals surface area contributed by atoms with Gasteiger partial charge in [0, 0.05) is 19.4 Å². The highest BCUT2D eigenvalue weighted by Gasteiger charge is 2.16. The van der Waals surface area contributed by atoms with Crippen LogP contribution in [0.3, 0.4) is 0 Å². The predicted octanol–water partition coefficient (Wildman–Crippen LogP) is 1.81. The Bertz CT molecular complexity index is 799. The van der Waals surface area contributed by atoms with Crippen LogP contribution in [0.1, 0.15) is 33.3 Å². The molecule has 0 aliphatic heterocycles. The summed E-state index contributed by atoms with van der Waals surface area (Å²) in [6, 6.07) is 1.49. The summed E-state index contributed by atoms with van der Waals surface area (Å²) in [6.45, 7) is 3.65. The molecule has 10 heteroatoms. The second-order valence-corrected chi connectivity index (χ2v) is 5.16. The number of halogens is 1. The summed E-state index contributed by atoms with van der Waals surface area (Å²) in [6.07, 6.45) is 2.68. The molecule has 0 aliphatic rings. The first-order valence-electron chi connectivity index (χ1n) is 7.36. The average Bonchev–Trinajstić information content (AvgIpc) is 2.57. The fraction of sp³-hybridized carbons (Fsp3) is 0.267. The maximum Gasteiger partial charge on any atom is 0.339 e. The molecule has 132 valence electrons. The van der Waals surface area contributed by atoms with Gasteiger partial charge in [-0.3, -0.25) is 15.2 Å². The SMILES string of the molecule is CCOC(=O)c1cnc(C)c(NC(=O)c2cnc(NNC)nc2Cl)c1. The van der Waals surface area contributed by atoms with Gasteiger partial charge in [0.1, 0.15) is 5.15 Å². The van der Waals surface area contributed by atoms with Crippen LogP contribution in [0.15, 0.2) is 18.5 Å². The number of hydrogen-bond donors (Lipinski definition) is 3. The van der Waals surface area contributed by atoms with Gasteiger partial charge < -0.3 is 10.1 Å². The summed E-state index contributed by atoms with van der Waals surface area (Å²) in [5, 5.41) is 2.63. The van der Waals surface area contributed by atoms with Crippen LogP contribution in [0.25, 0.3) is 0 Å². The van der Waals surface area contributed by atoms with Crippen LogP contribution in [0.5, 0.6) is 0 Å². The van der Waals surface area contributed by atoms with Crippen molar-refractivity contribution in [2.24, 2.45) is 0 Å². The van der Waals surface area contributed by atoms with E-state index >= 15 is 0 Å². The lowest BCUT2D eigenvalue weighted by Crippen LogP contribution is -2.19. The smallest absolute Gasteiger partial charge is 0.339 e. The van der Waals surface area contributed by atoms with Gasteiger partial charge in [-0.2, -0.15) is 4.98 Å². The molecular weight excluding hydrogens is 348 g/mol. The van der Waals surface area contributed by atoms with E-state index in [1.54, 1.807) is 20.9 Å². The third-order valence-corrected chi connectivity index (χ3v) is 3.36. The minimum atomic E-state index is -0.521. The lowest BCUT2D eigenvalue weighted by atomic mass is 10.2. The number of carbonyl (C=O) groups is 2. The van der Waals surface area contributed by atoms with Crippen molar-refractivity contribution >= 4 is 35.1 Å². The molecule has 9 nitrogen and oxygen atoms in total. The molecule has 25 heavy (non-hydrogen) atoms. The Labute approximate surface area is 149 Å². The van der Waals surface area contributed by atoms with E-state index in [2.05, 4.69) is 31.1 Å². The molecule has 0 spiro atoms. The molecule has 0 saturated heterocycles. The highest BCUT2D eigenvalue weighted by atomic mass is 35.5. The zero-order valence-electron chi connectivity index (χ0n) is 13.9. The number of hydrazine groups is 1. The van der Waals surface area contributed by atoms with Crippen LogP contribution in [-0.2, 0) is 4.74 Å². The first kappa shape index (κ1) is 18.6. The summed E-state index contributed by atoms with van der Waals surface area (Å²) in [7, 11) is 1.64. The molecule has 0 unspecified atom stereocenters. The van der Waals surface area contributed by atoms with Crippen molar-refractivity contribution < 1.29 is 14.3 Å². The molecule has 2 heterocycles. The van der Waals surface area contributed by atoms with Crippen LogP contribution in [0.2, 0.25) is 5.15 Å². The number of anilines is 2. The summed E-state index contributed by atoms with van der Waals surface area (Å²) in [5.74, 6) is -0.813. The van der Waals surface area contributed by atoms with E-state index in [1.807, 2.05) is 0 Å². The van der Waals surface area contributed by atoms with Gasteiger partial charge in [-0.15, -0.1) is 0 Å².